The van der Waals surface area contributed by atoms with Crippen LogP contribution in [0.25, 0.3) is 5.69 Å². The van der Waals surface area contributed by atoms with E-state index in [-0.39, 0.29) is 5.91 Å². The molecule has 4 rings (SSSR count). The first-order valence-electron chi connectivity index (χ1n) is 8.95. The van der Waals surface area contributed by atoms with Gasteiger partial charge >= 0.3 is 0 Å². The summed E-state index contributed by atoms with van der Waals surface area (Å²) in [5.74, 6) is 3.43. The number of amides is 1. The van der Waals surface area contributed by atoms with Gasteiger partial charge in [-0.05, 0) is 30.5 Å². The molecule has 0 unspecified atom stereocenters. The van der Waals surface area contributed by atoms with Crippen LogP contribution in [-0.2, 0) is 16.3 Å². The Morgan fingerprint density at radius 1 is 1.32 bits per heavy atom. The molecule has 0 spiro atoms. The topological polar surface area (TPSA) is 46.9 Å². The van der Waals surface area contributed by atoms with E-state index in [1.165, 1.54) is 25.7 Å². The number of rotatable bonds is 5. The largest absolute Gasteiger partial charge is 0.310 e. The molecule has 6 heteroatoms. The molecule has 1 aromatic carbocycles. The maximum Gasteiger partial charge on any atom is 0.225 e. The molecule has 2 aliphatic rings. The highest BCUT2D eigenvalue weighted by Crippen LogP contribution is 2.36. The van der Waals surface area contributed by atoms with Crippen molar-refractivity contribution in [2.24, 2.45) is 5.92 Å². The molecule has 0 bridgehead atoms. The van der Waals surface area contributed by atoms with Gasteiger partial charge in [0, 0.05) is 28.5 Å². The summed E-state index contributed by atoms with van der Waals surface area (Å²) in [6.07, 6.45) is 6.78. The van der Waals surface area contributed by atoms with Gasteiger partial charge in [0.25, 0.3) is 0 Å². The minimum Gasteiger partial charge on any atom is -0.310 e. The maximum absolute atomic E-state index is 12.5. The first kappa shape index (κ1) is 17.0. The lowest BCUT2D eigenvalue weighted by atomic mass is 10.0. The number of fused-ring (bicyclic) bond motifs is 1. The Kier molecular flexibility index (Phi) is 5.04. The first-order valence-corrected chi connectivity index (χ1v) is 10.5. The van der Waals surface area contributed by atoms with E-state index in [4.69, 9.17) is 16.7 Å². The second-order valence-electron chi connectivity index (χ2n) is 6.90. The van der Waals surface area contributed by atoms with E-state index >= 15 is 0 Å². The molecule has 1 N–H and O–H groups in total. The number of hydrogen-bond donors (Lipinski definition) is 1. The van der Waals surface area contributed by atoms with Crippen molar-refractivity contribution >= 4 is 35.1 Å². The number of benzene rings is 1. The minimum absolute atomic E-state index is 0.0924. The van der Waals surface area contributed by atoms with Gasteiger partial charge in [-0.15, -0.1) is 0 Å². The molecule has 1 amide bonds. The quantitative estimate of drug-likeness (QED) is 0.783. The summed E-state index contributed by atoms with van der Waals surface area (Å²) in [6.45, 7) is 0. The lowest BCUT2D eigenvalue weighted by molar-refractivity contribution is -0.116. The maximum atomic E-state index is 12.5. The van der Waals surface area contributed by atoms with Crippen LogP contribution in [0, 0.1) is 5.92 Å². The Bertz CT molecular complexity index is 783. The molecule has 1 aliphatic heterocycles. The molecule has 1 fully saturated rings. The number of nitrogens with zero attached hydrogens (tertiary/aromatic N) is 2. The molecule has 0 saturated heterocycles. The van der Waals surface area contributed by atoms with Crippen LogP contribution in [0.4, 0.5) is 5.82 Å². The van der Waals surface area contributed by atoms with Crippen LogP contribution in [0.15, 0.2) is 24.3 Å². The summed E-state index contributed by atoms with van der Waals surface area (Å²) in [5, 5.41) is 8.52. The van der Waals surface area contributed by atoms with E-state index in [0.717, 1.165) is 46.6 Å². The van der Waals surface area contributed by atoms with Crippen LogP contribution in [0.2, 0.25) is 5.02 Å². The van der Waals surface area contributed by atoms with Gasteiger partial charge in [-0.2, -0.15) is 16.9 Å². The lowest BCUT2D eigenvalue weighted by Crippen LogP contribution is -2.16. The molecule has 25 heavy (non-hydrogen) atoms. The van der Waals surface area contributed by atoms with Crippen molar-refractivity contribution in [3.05, 3.63) is 40.5 Å². The average Bonchev–Trinajstić information content (AvgIpc) is 3.32. The number of carbonyl (C=O) groups is 1. The molecular formula is C19H22ClN3OS. The number of nitrogens with one attached hydrogen (secondary N) is 1. The van der Waals surface area contributed by atoms with E-state index < -0.39 is 0 Å². The number of halogens is 1. The number of anilines is 1. The van der Waals surface area contributed by atoms with Crippen LogP contribution in [-0.4, -0.2) is 15.7 Å². The Morgan fingerprint density at radius 3 is 2.96 bits per heavy atom. The average molecular weight is 376 g/mol. The summed E-state index contributed by atoms with van der Waals surface area (Å²) < 4.78 is 1.84. The third kappa shape index (κ3) is 3.72. The number of aromatic nitrogens is 2. The first-order chi connectivity index (χ1) is 12.2. The third-order valence-electron chi connectivity index (χ3n) is 5.12. The molecule has 4 nitrogen and oxygen atoms in total. The highest BCUT2D eigenvalue weighted by Gasteiger charge is 2.25. The van der Waals surface area contributed by atoms with E-state index in [1.54, 1.807) is 0 Å². The minimum atomic E-state index is 0.0924. The van der Waals surface area contributed by atoms with Crippen molar-refractivity contribution in [3.63, 3.8) is 0 Å². The molecule has 1 saturated carbocycles. The molecule has 1 aromatic heterocycles. The second-order valence-corrected chi connectivity index (χ2v) is 8.32. The highest BCUT2D eigenvalue weighted by molar-refractivity contribution is 7.98. The van der Waals surface area contributed by atoms with Gasteiger partial charge in [0.15, 0.2) is 0 Å². The fraction of sp³-hybridized carbons (Fsp3) is 0.474. The van der Waals surface area contributed by atoms with Gasteiger partial charge in [0.2, 0.25) is 5.91 Å². The number of hydrogen-bond acceptors (Lipinski definition) is 3. The zero-order valence-electron chi connectivity index (χ0n) is 14.1. The van der Waals surface area contributed by atoms with E-state index in [1.807, 2.05) is 40.7 Å². The number of thioether (sulfide) groups is 1. The SMILES string of the molecule is O=C(CCC1CCCC1)Nc1c2c(nn1-c1cccc(Cl)c1)CSC2. The van der Waals surface area contributed by atoms with Gasteiger partial charge in [0.05, 0.1) is 11.4 Å². The lowest BCUT2D eigenvalue weighted by Gasteiger charge is -2.12. The standard InChI is InChI=1S/C19H22ClN3OS/c20-14-6-3-7-15(10-14)23-19(16-11-25-12-17(16)22-23)21-18(24)9-8-13-4-1-2-5-13/h3,6-7,10,13H,1-2,4-5,8-9,11-12H2,(H,21,24). The Balaban J connectivity index is 1.54. The van der Waals surface area contributed by atoms with Gasteiger partial charge in [-0.25, -0.2) is 4.68 Å². The van der Waals surface area contributed by atoms with Crippen LogP contribution in [0.3, 0.4) is 0 Å². The predicted molar refractivity (Wildman–Crippen MR) is 103 cm³/mol. The molecule has 132 valence electrons. The predicted octanol–water partition coefficient (Wildman–Crippen LogP) is 5.18. The summed E-state index contributed by atoms with van der Waals surface area (Å²) >= 11 is 7.98. The van der Waals surface area contributed by atoms with E-state index in [0.29, 0.717) is 11.4 Å². The Labute approximate surface area is 157 Å². The van der Waals surface area contributed by atoms with Crippen molar-refractivity contribution in [3.8, 4) is 5.69 Å². The van der Waals surface area contributed by atoms with Crippen LogP contribution >= 0.6 is 23.4 Å². The summed E-state index contributed by atoms with van der Waals surface area (Å²) in [6, 6.07) is 7.60. The zero-order valence-corrected chi connectivity index (χ0v) is 15.7. The van der Waals surface area contributed by atoms with Crippen molar-refractivity contribution in [1.29, 1.82) is 0 Å². The van der Waals surface area contributed by atoms with Gasteiger partial charge in [-0.3, -0.25) is 4.79 Å². The molecule has 2 aromatic rings. The van der Waals surface area contributed by atoms with Crippen LogP contribution < -0.4 is 5.32 Å². The second kappa shape index (κ2) is 7.42. The van der Waals surface area contributed by atoms with E-state index in [9.17, 15) is 4.79 Å². The Hall–Kier alpha value is -1.46. The third-order valence-corrected chi connectivity index (χ3v) is 6.32. The highest BCUT2D eigenvalue weighted by atomic mass is 35.5. The molecule has 0 atom stereocenters. The summed E-state index contributed by atoms with van der Waals surface area (Å²) in [7, 11) is 0. The van der Waals surface area contributed by atoms with Gasteiger partial charge in [-0.1, -0.05) is 43.4 Å². The molecule has 1 aliphatic carbocycles. The van der Waals surface area contributed by atoms with Crippen molar-refractivity contribution in [2.75, 3.05) is 5.32 Å². The Morgan fingerprint density at radius 2 is 2.16 bits per heavy atom. The summed E-state index contributed by atoms with van der Waals surface area (Å²) in [4.78, 5) is 12.5. The van der Waals surface area contributed by atoms with E-state index in [2.05, 4.69) is 5.32 Å². The van der Waals surface area contributed by atoms with Gasteiger partial charge in [0.1, 0.15) is 5.82 Å². The van der Waals surface area contributed by atoms with Crippen molar-refractivity contribution in [1.82, 2.24) is 9.78 Å². The molecule has 0 radical (unpaired) electrons. The fourth-order valence-corrected chi connectivity index (χ4v) is 4.98. The van der Waals surface area contributed by atoms with Crippen molar-refractivity contribution < 1.29 is 4.79 Å². The van der Waals surface area contributed by atoms with Gasteiger partial charge < -0.3 is 5.32 Å². The monoisotopic (exact) mass is 375 g/mol. The number of carbonyl (C=O) groups excluding carboxylic acids is 1. The van der Waals surface area contributed by atoms with Crippen molar-refractivity contribution in [2.45, 2.75) is 50.0 Å². The normalized spacial score (nSPS) is 17.0. The zero-order chi connectivity index (χ0) is 17.2. The molecular weight excluding hydrogens is 354 g/mol. The van der Waals surface area contributed by atoms with Crippen LogP contribution in [0.5, 0.6) is 0 Å². The molecule has 2 heterocycles. The fourth-order valence-electron chi connectivity index (χ4n) is 3.76. The van der Waals surface area contributed by atoms with Crippen LogP contribution in [0.1, 0.15) is 49.8 Å². The smallest absolute Gasteiger partial charge is 0.225 e. The summed E-state index contributed by atoms with van der Waals surface area (Å²) in [5.41, 5.74) is 3.10.